The third-order valence-electron chi connectivity index (χ3n) is 5.69. The summed E-state index contributed by atoms with van der Waals surface area (Å²) in [4.78, 5) is 12.7. The fraction of sp³-hybridized carbons (Fsp3) is 0.500. The van der Waals surface area contributed by atoms with Crippen molar-refractivity contribution in [3.63, 3.8) is 0 Å². The van der Waals surface area contributed by atoms with Gasteiger partial charge in [0.1, 0.15) is 5.82 Å². The topological polar surface area (TPSA) is 29.1 Å². The summed E-state index contributed by atoms with van der Waals surface area (Å²) in [6.07, 6.45) is 2.94. The highest BCUT2D eigenvalue weighted by atomic mass is 19.1. The van der Waals surface area contributed by atoms with Gasteiger partial charge in [-0.05, 0) is 48.3 Å². The molecule has 0 aliphatic heterocycles. The van der Waals surface area contributed by atoms with Crippen LogP contribution in [0.1, 0.15) is 38.7 Å². The van der Waals surface area contributed by atoms with Crippen LogP contribution in [0.25, 0.3) is 0 Å². The van der Waals surface area contributed by atoms with E-state index in [2.05, 4.69) is 25.7 Å². The molecule has 2 fully saturated rings. The van der Waals surface area contributed by atoms with Crippen LogP contribution in [0.5, 0.6) is 0 Å². The van der Waals surface area contributed by atoms with Gasteiger partial charge in [-0.15, -0.1) is 0 Å². The van der Waals surface area contributed by atoms with Gasteiger partial charge in [-0.25, -0.2) is 4.39 Å². The van der Waals surface area contributed by atoms with Crippen molar-refractivity contribution < 1.29 is 9.18 Å². The Morgan fingerprint density at radius 1 is 1.38 bits per heavy atom. The van der Waals surface area contributed by atoms with E-state index in [-0.39, 0.29) is 22.6 Å². The minimum absolute atomic E-state index is 0.0610. The quantitative estimate of drug-likeness (QED) is 0.841. The number of rotatable bonds is 3. The Kier molecular flexibility index (Phi) is 3.19. The van der Waals surface area contributed by atoms with Gasteiger partial charge in [0.2, 0.25) is 5.91 Å². The van der Waals surface area contributed by atoms with E-state index in [1.165, 1.54) is 12.1 Å². The molecule has 0 saturated heterocycles. The van der Waals surface area contributed by atoms with Gasteiger partial charge in [-0.3, -0.25) is 4.79 Å². The molecular formula is C18H22FNO. The van der Waals surface area contributed by atoms with Crippen molar-refractivity contribution in [2.45, 2.75) is 39.7 Å². The molecule has 1 aromatic carbocycles. The van der Waals surface area contributed by atoms with Crippen LogP contribution in [-0.4, -0.2) is 5.91 Å². The summed E-state index contributed by atoms with van der Waals surface area (Å²) < 4.78 is 12.9. The van der Waals surface area contributed by atoms with Crippen molar-refractivity contribution >= 4 is 5.91 Å². The summed E-state index contributed by atoms with van der Waals surface area (Å²) in [6, 6.07) is 6.25. The molecule has 1 amide bonds. The first kappa shape index (κ1) is 14.3. The Balaban J connectivity index is 1.71. The maximum absolute atomic E-state index is 12.9. The fourth-order valence-electron chi connectivity index (χ4n) is 4.10. The number of fused-ring (bicyclic) bond motifs is 2. The molecule has 21 heavy (non-hydrogen) atoms. The lowest BCUT2D eigenvalue weighted by Gasteiger charge is -2.37. The predicted molar refractivity (Wildman–Crippen MR) is 80.9 cm³/mol. The van der Waals surface area contributed by atoms with Crippen LogP contribution in [0.4, 0.5) is 4.39 Å². The van der Waals surface area contributed by atoms with E-state index in [1.54, 1.807) is 12.1 Å². The second-order valence-corrected chi connectivity index (χ2v) is 7.03. The number of carbonyl (C=O) groups excluding carboxylic acids is 1. The summed E-state index contributed by atoms with van der Waals surface area (Å²) in [6.45, 7) is 9.09. The first-order chi connectivity index (χ1) is 9.86. The van der Waals surface area contributed by atoms with Crippen LogP contribution >= 0.6 is 0 Å². The zero-order valence-electron chi connectivity index (χ0n) is 12.7. The van der Waals surface area contributed by atoms with Gasteiger partial charge >= 0.3 is 0 Å². The molecule has 0 spiro atoms. The normalized spacial score (nSPS) is 29.7. The Morgan fingerprint density at radius 2 is 2.05 bits per heavy atom. The lowest BCUT2D eigenvalue weighted by atomic mass is 9.68. The third kappa shape index (κ3) is 2.10. The summed E-state index contributed by atoms with van der Waals surface area (Å²) in [7, 11) is 0. The molecule has 3 rings (SSSR count). The van der Waals surface area contributed by atoms with Crippen LogP contribution < -0.4 is 5.32 Å². The average molecular weight is 287 g/mol. The van der Waals surface area contributed by atoms with E-state index in [9.17, 15) is 9.18 Å². The van der Waals surface area contributed by atoms with E-state index in [4.69, 9.17) is 0 Å². The molecule has 1 N–H and O–H groups in total. The van der Waals surface area contributed by atoms with Crippen LogP contribution in [0.3, 0.4) is 0 Å². The van der Waals surface area contributed by atoms with E-state index in [0.29, 0.717) is 12.5 Å². The Bertz CT molecular complexity index is 590. The second-order valence-electron chi connectivity index (χ2n) is 7.03. The number of hydrogen-bond donors (Lipinski definition) is 1. The standard InChI is InChI=1S/C18H22FNO/c1-12-17(2,3)14-8-9-18(12,10-14)16(21)20-11-13-4-6-15(19)7-5-13/h4-7,14H,1,8-11H2,2-3H3,(H,20,21)/t14-,18-/m0/s1. The van der Waals surface area contributed by atoms with Gasteiger partial charge in [-0.2, -0.15) is 0 Å². The van der Waals surface area contributed by atoms with E-state index in [1.807, 2.05) is 0 Å². The van der Waals surface area contributed by atoms with E-state index in [0.717, 1.165) is 30.4 Å². The molecule has 2 saturated carbocycles. The van der Waals surface area contributed by atoms with Crippen LogP contribution in [0.15, 0.2) is 36.4 Å². The van der Waals surface area contributed by atoms with Gasteiger partial charge in [0.25, 0.3) is 0 Å². The molecule has 2 atom stereocenters. The van der Waals surface area contributed by atoms with Crippen molar-refractivity contribution in [3.8, 4) is 0 Å². The highest BCUT2D eigenvalue weighted by Gasteiger charge is 2.60. The zero-order valence-corrected chi connectivity index (χ0v) is 12.7. The smallest absolute Gasteiger partial charge is 0.230 e. The van der Waals surface area contributed by atoms with Crippen molar-refractivity contribution in [1.29, 1.82) is 0 Å². The van der Waals surface area contributed by atoms with Gasteiger partial charge in [0, 0.05) is 6.54 Å². The van der Waals surface area contributed by atoms with E-state index >= 15 is 0 Å². The molecule has 0 radical (unpaired) electrons. The molecule has 2 aliphatic carbocycles. The number of carbonyl (C=O) groups is 1. The minimum Gasteiger partial charge on any atom is -0.351 e. The summed E-state index contributed by atoms with van der Waals surface area (Å²) in [5, 5.41) is 3.02. The summed E-state index contributed by atoms with van der Waals surface area (Å²) >= 11 is 0. The van der Waals surface area contributed by atoms with Crippen molar-refractivity contribution in [2.75, 3.05) is 0 Å². The molecule has 0 unspecified atom stereocenters. The van der Waals surface area contributed by atoms with Crippen molar-refractivity contribution in [2.24, 2.45) is 16.7 Å². The lowest BCUT2D eigenvalue weighted by Crippen LogP contribution is -2.41. The lowest BCUT2D eigenvalue weighted by molar-refractivity contribution is -0.128. The van der Waals surface area contributed by atoms with Gasteiger partial charge in [-0.1, -0.05) is 38.1 Å². The maximum Gasteiger partial charge on any atom is 0.230 e. The molecular weight excluding hydrogens is 265 g/mol. The number of nitrogens with one attached hydrogen (secondary N) is 1. The fourth-order valence-corrected chi connectivity index (χ4v) is 4.10. The third-order valence-corrected chi connectivity index (χ3v) is 5.69. The highest BCUT2D eigenvalue weighted by Crippen LogP contribution is 2.65. The van der Waals surface area contributed by atoms with Crippen molar-refractivity contribution in [1.82, 2.24) is 5.32 Å². The number of halogens is 1. The number of hydrogen-bond acceptors (Lipinski definition) is 1. The SMILES string of the molecule is C=C1C(C)(C)[C@H]2CC[C@]1(C(=O)NCc1ccc(F)cc1)C2. The first-order valence-electron chi connectivity index (χ1n) is 7.59. The molecule has 112 valence electrons. The second kappa shape index (κ2) is 4.69. The predicted octanol–water partition coefficient (Wildman–Crippen LogP) is 3.82. The molecule has 2 bridgehead atoms. The molecule has 2 aliphatic rings. The van der Waals surface area contributed by atoms with Crippen LogP contribution in [-0.2, 0) is 11.3 Å². The zero-order chi connectivity index (χ0) is 15.3. The summed E-state index contributed by atoms with van der Waals surface area (Å²) in [5.41, 5.74) is 1.68. The molecule has 0 aromatic heterocycles. The maximum atomic E-state index is 12.9. The first-order valence-corrected chi connectivity index (χ1v) is 7.59. The highest BCUT2D eigenvalue weighted by molar-refractivity contribution is 5.87. The molecule has 3 heteroatoms. The Labute approximate surface area is 125 Å². The monoisotopic (exact) mass is 287 g/mol. The minimum atomic E-state index is -0.381. The van der Waals surface area contributed by atoms with Gasteiger partial charge in [0.15, 0.2) is 0 Å². The molecule has 0 heterocycles. The Hall–Kier alpha value is -1.64. The van der Waals surface area contributed by atoms with Gasteiger partial charge in [0.05, 0.1) is 5.41 Å². The van der Waals surface area contributed by atoms with Crippen LogP contribution in [0, 0.1) is 22.6 Å². The number of amides is 1. The number of benzene rings is 1. The molecule has 1 aromatic rings. The Morgan fingerprint density at radius 3 is 2.62 bits per heavy atom. The van der Waals surface area contributed by atoms with Crippen LogP contribution in [0.2, 0.25) is 0 Å². The summed E-state index contributed by atoms with van der Waals surface area (Å²) in [5.74, 6) is 0.402. The van der Waals surface area contributed by atoms with E-state index < -0.39 is 0 Å². The largest absolute Gasteiger partial charge is 0.351 e. The van der Waals surface area contributed by atoms with Gasteiger partial charge < -0.3 is 5.32 Å². The van der Waals surface area contributed by atoms with Crippen molar-refractivity contribution in [3.05, 3.63) is 47.8 Å². The average Bonchev–Trinajstić information content (AvgIpc) is 2.98. The molecule has 2 nitrogen and oxygen atoms in total.